The van der Waals surface area contributed by atoms with Crippen molar-refractivity contribution in [1.82, 2.24) is 9.88 Å². The number of aromatic nitrogens is 1. The Bertz CT molecular complexity index is 1010. The number of anilines is 1. The topological polar surface area (TPSA) is 88.4 Å². The van der Waals surface area contributed by atoms with Crippen LogP contribution < -0.4 is 5.32 Å². The quantitative estimate of drug-likeness (QED) is 0.362. The number of fused-ring (bicyclic) bond motifs is 1. The van der Waals surface area contributed by atoms with Gasteiger partial charge in [0, 0.05) is 60.1 Å². The number of pyridine rings is 1. The molecule has 0 aliphatic rings. The zero-order valence-electron chi connectivity index (χ0n) is 15.3. The molecule has 2 aromatic carbocycles. The minimum Gasteiger partial charge on any atom is -0.384 e. The number of hydrogen-bond acceptors (Lipinski definition) is 5. The Labute approximate surface area is 167 Å². The van der Waals surface area contributed by atoms with E-state index in [9.17, 15) is 14.9 Å². The van der Waals surface area contributed by atoms with Crippen molar-refractivity contribution in [3.63, 3.8) is 0 Å². The minimum atomic E-state index is -0.486. The van der Waals surface area contributed by atoms with Crippen LogP contribution in [0.4, 0.5) is 11.4 Å². The molecule has 0 spiro atoms. The SMILES string of the molecule is CN(CCCNc1ccnc2cc(Cl)ccc12)C(=O)c1ccc([N+](=O)[O-])cc1. The second-order valence-electron chi connectivity index (χ2n) is 6.33. The van der Waals surface area contributed by atoms with Gasteiger partial charge in [-0.25, -0.2) is 0 Å². The summed E-state index contributed by atoms with van der Waals surface area (Å²) in [6, 6.07) is 13.1. The zero-order valence-corrected chi connectivity index (χ0v) is 16.0. The van der Waals surface area contributed by atoms with Gasteiger partial charge in [0.25, 0.3) is 11.6 Å². The summed E-state index contributed by atoms with van der Waals surface area (Å²) in [6.07, 6.45) is 2.47. The molecular formula is C20H19ClN4O3. The fourth-order valence-corrected chi connectivity index (χ4v) is 3.03. The third-order valence-electron chi connectivity index (χ3n) is 4.36. The lowest BCUT2D eigenvalue weighted by atomic mass is 10.1. The molecule has 0 aliphatic heterocycles. The number of nitrogens with one attached hydrogen (secondary N) is 1. The van der Waals surface area contributed by atoms with Gasteiger partial charge in [-0.3, -0.25) is 19.9 Å². The summed E-state index contributed by atoms with van der Waals surface area (Å²) in [5, 5.41) is 15.7. The second kappa shape index (κ2) is 8.67. The smallest absolute Gasteiger partial charge is 0.269 e. The van der Waals surface area contributed by atoms with E-state index in [0.717, 1.165) is 23.0 Å². The van der Waals surface area contributed by atoms with Gasteiger partial charge in [0.05, 0.1) is 10.4 Å². The molecule has 1 amide bonds. The van der Waals surface area contributed by atoms with Crippen LogP contribution in [-0.4, -0.2) is 40.9 Å². The van der Waals surface area contributed by atoms with E-state index >= 15 is 0 Å². The van der Waals surface area contributed by atoms with Crippen LogP contribution in [0.5, 0.6) is 0 Å². The van der Waals surface area contributed by atoms with Crippen LogP contribution >= 0.6 is 11.6 Å². The predicted molar refractivity (Wildman–Crippen MR) is 110 cm³/mol. The van der Waals surface area contributed by atoms with Crippen LogP contribution in [0.25, 0.3) is 10.9 Å². The molecule has 0 fully saturated rings. The molecule has 1 N–H and O–H groups in total. The molecule has 3 aromatic rings. The Balaban J connectivity index is 1.53. The molecule has 1 heterocycles. The van der Waals surface area contributed by atoms with Crippen molar-refractivity contribution in [2.45, 2.75) is 6.42 Å². The first-order chi connectivity index (χ1) is 13.5. The maximum Gasteiger partial charge on any atom is 0.269 e. The molecule has 0 bridgehead atoms. The minimum absolute atomic E-state index is 0.0331. The van der Waals surface area contributed by atoms with Crippen molar-refractivity contribution >= 4 is 39.8 Å². The Morgan fingerprint density at radius 2 is 1.96 bits per heavy atom. The zero-order chi connectivity index (χ0) is 20.1. The average molecular weight is 399 g/mol. The number of carbonyl (C=O) groups excluding carboxylic acids is 1. The maximum atomic E-state index is 12.4. The van der Waals surface area contributed by atoms with Gasteiger partial charge in [0.1, 0.15) is 0 Å². The molecule has 0 radical (unpaired) electrons. The molecular weight excluding hydrogens is 380 g/mol. The first kappa shape index (κ1) is 19.6. The van der Waals surface area contributed by atoms with Gasteiger partial charge in [-0.15, -0.1) is 0 Å². The number of non-ortho nitro benzene ring substituents is 1. The van der Waals surface area contributed by atoms with Crippen molar-refractivity contribution in [2.24, 2.45) is 0 Å². The van der Waals surface area contributed by atoms with Gasteiger partial charge in [0.2, 0.25) is 0 Å². The van der Waals surface area contributed by atoms with Crippen molar-refractivity contribution in [3.05, 3.63) is 75.4 Å². The molecule has 0 saturated heterocycles. The standard InChI is InChI=1S/C20H19ClN4O3/c1-24(20(26)14-3-6-16(7-4-14)25(27)28)12-2-10-22-18-9-11-23-19-13-15(21)5-8-17(18)19/h3-9,11,13H,2,10,12H2,1H3,(H,22,23). The van der Waals surface area contributed by atoms with Crippen molar-refractivity contribution in [3.8, 4) is 0 Å². The van der Waals surface area contributed by atoms with Crippen LogP contribution in [0.1, 0.15) is 16.8 Å². The van der Waals surface area contributed by atoms with E-state index in [1.165, 1.54) is 24.3 Å². The number of hydrogen-bond donors (Lipinski definition) is 1. The summed E-state index contributed by atoms with van der Waals surface area (Å²) in [6.45, 7) is 1.23. The van der Waals surface area contributed by atoms with E-state index in [2.05, 4.69) is 10.3 Å². The number of nitro benzene ring substituents is 1. The van der Waals surface area contributed by atoms with Crippen LogP contribution in [0, 0.1) is 10.1 Å². The average Bonchev–Trinajstić information content (AvgIpc) is 2.70. The molecule has 28 heavy (non-hydrogen) atoms. The number of nitrogens with zero attached hydrogens (tertiary/aromatic N) is 3. The summed E-state index contributed by atoms with van der Waals surface area (Å²) in [4.78, 5) is 28.5. The first-order valence-corrected chi connectivity index (χ1v) is 9.11. The second-order valence-corrected chi connectivity index (χ2v) is 6.77. The van der Waals surface area contributed by atoms with E-state index in [4.69, 9.17) is 11.6 Å². The molecule has 3 rings (SSSR count). The molecule has 0 aliphatic carbocycles. The van der Waals surface area contributed by atoms with E-state index in [0.29, 0.717) is 23.7 Å². The van der Waals surface area contributed by atoms with Gasteiger partial charge >= 0.3 is 0 Å². The van der Waals surface area contributed by atoms with Crippen LogP contribution in [0.15, 0.2) is 54.7 Å². The maximum absolute atomic E-state index is 12.4. The van der Waals surface area contributed by atoms with Crippen LogP contribution in [0.3, 0.4) is 0 Å². The first-order valence-electron chi connectivity index (χ1n) is 8.74. The summed E-state index contributed by atoms with van der Waals surface area (Å²) in [5.41, 5.74) is 2.18. The van der Waals surface area contributed by atoms with E-state index in [-0.39, 0.29) is 11.6 Å². The Hall–Kier alpha value is -3.19. The van der Waals surface area contributed by atoms with Crippen LogP contribution in [0.2, 0.25) is 5.02 Å². The van der Waals surface area contributed by atoms with Gasteiger partial charge in [-0.2, -0.15) is 0 Å². The fraction of sp³-hybridized carbons (Fsp3) is 0.200. The molecule has 0 saturated carbocycles. The molecule has 7 nitrogen and oxygen atoms in total. The summed E-state index contributed by atoms with van der Waals surface area (Å²) in [5.74, 6) is -0.168. The molecule has 144 valence electrons. The number of halogens is 1. The van der Waals surface area contributed by atoms with E-state index in [1.807, 2.05) is 24.3 Å². The number of carbonyl (C=O) groups is 1. The summed E-state index contributed by atoms with van der Waals surface area (Å²) in [7, 11) is 1.72. The number of nitro groups is 1. The highest BCUT2D eigenvalue weighted by atomic mass is 35.5. The largest absolute Gasteiger partial charge is 0.384 e. The van der Waals surface area contributed by atoms with Gasteiger partial charge in [-0.1, -0.05) is 11.6 Å². The highest BCUT2D eigenvalue weighted by molar-refractivity contribution is 6.31. The Morgan fingerprint density at radius 3 is 2.68 bits per heavy atom. The molecule has 8 heteroatoms. The van der Waals surface area contributed by atoms with Crippen LogP contribution in [-0.2, 0) is 0 Å². The number of rotatable bonds is 7. The fourth-order valence-electron chi connectivity index (χ4n) is 2.86. The van der Waals surface area contributed by atoms with Crippen molar-refractivity contribution in [1.29, 1.82) is 0 Å². The normalized spacial score (nSPS) is 10.6. The third-order valence-corrected chi connectivity index (χ3v) is 4.60. The highest BCUT2D eigenvalue weighted by Gasteiger charge is 2.13. The molecule has 1 aromatic heterocycles. The lowest BCUT2D eigenvalue weighted by molar-refractivity contribution is -0.384. The Kier molecular flexibility index (Phi) is 6.06. The Morgan fingerprint density at radius 1 is 1.21 bits per heavy atom. The van der Waals surface area contributed by atoms with E-state index in [1.54, 1.807) is 18.1 Å². The lowest BCUT2D eigenvalue weighted by Gasteiger charge is -2.17. The number of amides is 1. The summed E-state index contributed by atoms with van der Waals surface area (Å²) < 4.78 is 0. The van der Waals surface area contributed by atoms with Gasteiger partial charge in [-0.05, 0) is 42.8 Å². The molecule has 0 unspecified atom stereocenters. The third kappa shape index (κ3) is 4.55. The predicted octanol–water partition coefficient (Wildman–Crippen LogP) is 4.37. The van der Waals surface area contributed by atoms with Gasteiger partial charge < -0.3 is 10.2 Å². The monoisotopic (exact) mass is 398 g/mol. The highest BCUT2D eigenvalue weighted by Crippen LogP contribution is 2.24. The van der Waals surface area contributed by atoms with Crippen molar-refractivity contribution in [2.75, 3.05) is 25.5 Å². The van der Waals surface area contributed by atoms with Gasteiger partial charge in [0.15, 0.2) is 0 Å². The number of benzene rings is 2. The lowest BCUT2D eigenvalue weighted by Crippen LogP contribution is -2.28. The summed E-state index contributed by atoms with van der Waals surface area (Å²) >= 11 is 6.01. The molecule has 0 atom stereocenters. The van der Waals surface area contributed by atoms with Crippen molar-refractivity contribution < 1.29 is 9.72 Å². The van der Waals surface area contributed by atoms with E-state index < -0.39 is 4.92 Å².